The first kappa shape index (κ1) is 19.4. The van der Waals surface area contributed by atoms with E-state index < -0.39 is 17.5 Å². The van der Waals surface area contributed by atoms with Crippen LogP contribution in [-0.4, -0.2) is 29.7 Å². The smallest absolute Gasteiger partial charge is 0.343 e. The van der Waals surface area contributed by atoms with E-state index in [2.05, 4.69) is 0 Å². The fourth-order valence-corrected chi connectivity index (χ4v) is 3.17. The van der Waals surface area contributed by atoms with Crippen molar-refractivity contribution < 1.29 is 19.1 Å². The fraction of sp³-hybridized carbons (Fsp3) is 0.227. The Hall–Kier alpha value is -3.41. The molecule has 0 saturated heterocycles. The summed E-state index contributed by atoms with van der Waals surface area (Å²) >= 11 is 0. The summed E-state index contributed by atoms with van der Waals surface area (Å²) in [5.74, 6) is -1.37. The first-order chi connectivity index (χ1) is 13.5. The van der Waals surface area contributed by atoms with Crippen LogP contribution in [0.1, 0.15) is 40.3 Å². The normalized spacial score (nSPS) is 10.7. The number of carbonyl (C=O) groups is 2. The highest BCUT2D eigenvalue weighted by atomic mass is 16.5. The minimum Gasteiger partial charge on any atom is -0.462 e. The molecule has 0 spiro atoms. The number of rotatable bonds is 5. The summed E-state index contributed by atoms with van der Waals surface area (Å²) in [4.78, 5) is 38.0. The number of carbonyl (C=O) groups excluding carboxylic acids is 2. The molecule has 28 heavy (non-hydrogen) atoms. The molecule has 0 fully saturated rings. The van der Waals surface area contributed by atoms with E-state index >= 15 is 0 Å². The molecule has 0 radical (unpaired) electrons. The summed E-state index contributed by atoms with van der Waals surface area (Å²) < 4.78 is 11.5. The Bertz CT molecular complexity index is 1110. The Morgan fingerprint density at radius 2 is 1.50 bits per heavy atom. The molecule has 2 aromatic carbocycles. The quantitative estimate of drug-likeness (QED) is 0.633. The lowest BCUT2D eigenvalue weighted by atomic mass is 10.1. The molecule has 1 heterocycles. The number of nitrogens with zero attached hydrogens (tertiary/aromatic N) is 1. The third-order valence-electron chi connectivity index (χ3n) is 4.45. The largest absolute Gasteiger partial charge is 0.462 e. The lowest BCUT2D eigenvalue weighted by Crippen LogP contribution is -2.30. The van der Waals surface area contributed by atoms with Crippen LogP contribution in [0.5, 0.6) is 0 Å². The van der Waals surface area contributed by atoms with Gasteiger partial charge in [0.1, 0.15) is 5.56 Å². The molecule has 144 valence electrons. The Balaban J connectivity index is 2.37. The van der Waals surface area contributed by atoms with Gasteiger partial charge >= 0.3 is 11.9 Å². The molecule has 0 aliphatic carbocycles. The molecule has 6 nitrogen and oxygen atoms in total. The van der Waals surface area contributed by atoms with Crippen molar-refractivity contribution in [3.05, 3.63) is 75.7 Å². The van der Waals surface area contributed by atoms with Crippen molar-refractivity contribution in [3.63, 3.8) is 0 Å². The van der Waals surface area contributed by atoms with Gasteiger partial charge in [0.15, 0.2) is 0 Å². The molecule has 6 heteroatoms. The van der Waals surface area contributed by atoms with E-state index in [1.165, 1.54) is 10.6 Å². The van der Waals surface area contributed by atoms with Gasteiger partial charge in [-0.05, 0) is 38.3 Å². The first-order valence-corrected chi connectivity index (χ1v) is 9.08. The maximum absolute atomic E-state index is 13.2. The molecule has 0 bridgehead atoms. The third-order valence-corrected chi connectivity index (χ3v) is 4.45. The van der Waals surface area contributed by atoms with Crippen molar-refractivity contribution in [1.29, 1.82) is 0 Å². The highest BCUT2D eigenvalue weighted by Crippen LogP contribution is 2.24. The lowest BCUT2D eigenvalue weighted by Gasteiger charge is -2.17. The van der Waals surface area contributed by atoms with E-state index in [1.807, 2.05) is 36.4 Å². The van der Waals surface area contributed by atoms with Crippen LogP contribution in [0.2, 0.25) is 0 Å². The van der Waals surface area contributed by atoms with Crippen LogP contribution in [0.4, 0.5) is 0 Å². The monoisotopic (exact) mass is 379 g/mol. The first-order valence-electron chi connectivity index (χ1n) is 9.08. The number of ether oxygens (including phenoxy) is 2. The molecular weight excluding hydrogens is 358 g/mol. The zero-order chi connectivity index (χ0) is 20.3. The van der Waals surface area contributed by atoms with Crippen LogP contribution in [0, 0.1) is 6.92 Å². The number of esters is 2. The minimum atomic E-state index is -0.771. The van der Waals surface area contributed by atoms with E-state index in [0.717, 1.165) is 10.8 Å². The zero-order valence-electron chi connectivity index (χ0n) is 16.0. The van der Waals surface area contributed by atoms with Gasteiger partial charge in [0.05, 0.1) is 24.5 Å². The molecule has 0 aliphatic rings. The number of hydrogen-bond acceptors (Lipinski definition) is 5. The molecule has 3 aromatic rings. The van der Waals surface area contributed by atoms with Gasteiger partial charge in [-0.15, -0.1) is 0 Å². The molecule has 0 aliphatic heterocycles. The number of benzene rings is 2. The van der Waals surface area contributed by atoms with Gasteiger partial charge in [0.2, 0.25) is 0 Å². The van der Waals surface area contributed by atoms with Gasteiger partial charge in [0, 0.05) is 11.1 Å². The van der Waals surface area contributed by atoms with Crippen molar-refractivity contribution in [3.8, 4) is 5.69 Å². The van der Waals surface area contributed by atoms with Crippen LogP contribution in [-0.2, 0) is 9.47 Å². The Morgan fingerprint density at radius 3 is 2.18 bits per heavy atom. The van der Waals surface area contributed by atoms with E-state index in [-0.39, 0.29) is 24.3 Å². The lowest BCUT2D eigenvalue weighted by molar-refractivity contribution is 0.0522. The molecule has 0 amide bonds. The van der Waals surface area contributed by atoms with Crippen molar-refractivity contribution in [2.45, 2.75) is 20.8 Å². The molecule has 0 atom stereocenters. The van der Waals surface area contributed by atoms with Crippen molar-refractivity contribution in [1.82, 2.24) is 4.57 Å². The molecule has 0 saturated carbocycles. The van der Waals surface area contributed by atoms with Gasteiger partial charge in [-0.2, -0.15) is 0 Å². The van der Waals surface area contributed by atoms with E-state index in [0.29, 0.717) is 11.4 Å². The summed E-state index contributed by atoms with van der Waals surface area (Å²) in [6.07, 6.45) is 0. The highest BCUT2D eigenvalue weighted by molar-refractivity contribution is 5.97. The standard InChI is InChI=1S/C22H21NO5/c1-4-27-21(25)17-13-18(22(26)28-5-2)20(24)23(14(17)3)19-12-8-10-15-9-6-7-11-16(15)19/h6-13H,4-5H2,1-3H3. The third kappa shape index (κ3) is 3.41. The highest BCUT2D eigenvalue weighted by Gasteiger charge is 2.23. The van der Waals surface area contributed by atoms with Gasteiger partial charge in [-0.3, -0.25) is 9.36 Å². The van der Waals surface area contributed by atoms with Crippen LogP contribution >= 0.6 is 0 Å². The summed E-state index contributed by atoms with van der Waals surface area (Å²) in [5, 5.41) is 1.76. The molecule has 3 rings (SSSR count). The molecule has 1 aromatic heterocycles. The Morgan fingerprint density at radius 1 is 0.893 bits per heavy atom. The summed E-state index contributed by atoms with van der Waals surface area (Å²) in [6.45, 7) is 5.31. The van der Waals surface area contributed by atoms with Gasteiger partial charge in [-0.25, -0.2) is 9.59 Å². The van der Waals surface area contributed by atoms with Gasteiger partial charge in [0.25, 0.3) is 5.56 Å². The Labute approximate surface area is 162 Å². The topological polar surface area (TPSA) is 74.6 Å². The summed E-state index contributed by atoms with van der Waals surface area (Å²) in [6, 6.07) is 14.4. The number of pyridine rings is 1. The maximum atomic E-state index is 13.2. The van der Waals surface area contributed by atoms with E-state index in [9.17, 15) is 14.4 Å². The minimum absolute atomic E-state index is 0.120. The van der Waals surface area contributed by atoms with E-state index in [1.54, 1.807) is 26.8 Å². The van der Waals surface area contributed by atoms with Crippen LogP contribution in [0.3, 0.4) is 0 Å². The van der Waals surface area contributed by atoms with Crippen LogP contribution in [0.25, 0.3) is 16.5 Å². The number of fused-ring (bicyclic) bond motifs is 1. The average Bonchev–Trinajstić information content (AvgIpc) is 2.68. The molecular formula is C22H21NO5. The predicted molar refractivity (Wildman–Crippen MR) is 106 cm³/mol. The van der Waals surface area contributed by atoms with E-state index in [4.69, 9.17) is 9.47 Å². The van der Waals surface area contributed by atoms with Crippen LogP contribution < -0.4 is 5.56 Å². The average molecular weight is 379 g/mol. The van der Waals surface area contributed by atoms with Gasteiger partial charge < -0.3 is 9.47 Å². The zero-order valence-corrected chi connectivity index (χ0v) is 16.0. The summed E-state index contributed by atoms with van der Waals surface area (Å²) in [7, 11) is 0. The number of hydrogen-bond donors (Lipinski definition) is 0. The summed E-state index contributed by atoms with van der Waals surface area (Å²) in [5.41, 5.74) is 0.381. The van der Waals surface area contributed by atoms with Gasteiger partial charge in [-0.1, -0.05) is 36.4 Å². The maximum Gasteiger partial charge on any atom is 0.343 e. The molecule has 0 N–H and O–H groups in total. The Kier molecular flexibility index (Phi) is 5.59. The molecule has 0 unspecified atom stereocenters. The second kappa shape index (κ2) is 8.08. The number of aromatic nitrogens is 1. The fourth-order valence-electron chi connectivity index (χ4n) is 3.17. The van der Waals surface area contributed by atoms with Crippen molar-refractivity contribution in [2.75, 3.05) is 13.2 Å². The van der Waals surface area contributed by atoms with Crippen molar-refractivity contribution in [2.24, 2.45) is 0 Å². The van der Waals surface area contributed by atoms with Crippen LogP contribution in [0.15, 0.2) is 53.3 Å². The SMILES string of the molecule is CCOC(=O)c1cc(C(=O)OCC)c(=O)n(-c2cccc3ccccc23)c1C. The van der Waals surface area contributed by atoms with Crippen molar-refractivity contribution >= 4 is 22.7 Å². The second-order valence-corrected chi connectivity index (χ2v) is 6.14. The second-order valence-electron chi connectivity index (χ2n) is 6.14. The predicted octanol–water partition coefficient (Wildman–Crippen LogP) is 3.65.